The van der Waals surface area contributed by atoms with Gasteiger partial charge in [0, 0.05) is 11.7 Å². The maximum absolute atomic E-state index is 9.06. The average Bonchev–Trinajstić information content (AvgIpc) is 2.49. The van der Waals surface area contributed by atoms with Crippen molar-refractivity contribution in [1.29, 1.82) is 10.5 Å². The van der Waals surface area contributed by atoms with Crippen molar-refractivity contribution < 1.29 is 0 Å². The molecule has 2 aromatic rings. The highest BCUT2D eigenvalue weighted by Crippen LogP contribution is 2.23. The number of benzene rings is 2. The Morgan fingerprint density at radius 3 is 2.24 bits per heavy atom. The van der Waals surface area contributed by atoms with E-state index in [9.17, 15) is 0 Å². The van der Waals surface area contributed by atoms with Crippen LogP contribution in [-0.4, -0.2) is 0 Å². The van der Waals surface area contributed by atoms with Gasteiger partial charge in [-0.05, 0) is 55.7 Å². The molecule has 0 saturated carbocycles. The molecule has 0 aliphatic heterocycles. The van der Waals surface area contributed by atoms with Crippen molar-refractivity contribution in [3.63, 3.8) is 0 Å². The molecule has 0 saturated heterocycles. The Labute approximate surface area is 125 Å². The predicted molar refractivity (Wildman–Crippen MR) is 83.8 cm³/mol. The van der Waals surface area contributed by atoms with Crippen molar-refractivity contribution in [2.75, 3.05) is 5.32 Å². The molecule has 1 atom stereocenters. The molecule has 0 spiro atoms. The highest BCUT2D eigenvalue weighted by Gasteiger charge is 2.08. The lowest BCUT2D eigenvalue weighted by molar-refractivity contribution is 0.881. The quantitative estimate of drug-likeness (QED) is 0.912. The zero-order valence-corrected chi connectivity index (χ0v) is 12.4. The zero-order valence-electron chi connectivity index (χ0n) is 12.4. The second-order valence-corrected chi connectivity index (χ2v) is 5.19. The van der Waals surface area contributed by atoms with E-state index in [1.54, 1.807) is 12.1 Å². The topological polar surface area (TPSA) is 59.6 Å². The van der Waals surface area contributed by atoms with Crippen LogP contribution in [0.4, 0.5) is 5.69 Å². The summed E-state index contributed by atoms with van der Waals surface area (Å²) in [6.07, 6.45) is 0. The lowest BCUT2D eigenvalue weighted by Crippen LogP contribution is -2.07. The van der Waals surface area contributed by atoms with E-state index in [1.165, 1.54) is 16.7 Å². The monoisotopic (exact) mass is 275 g/mol. The Morgan fingerprint density at radius 1 is 0.905 bits per heavy atom. The molecule has 3 nitrogen and oxygen atoms in total. The zero-order chi connectivity index (χ0) is 15.4. The Morgan fingerprint density at radius 2 is 1.62 bits per heavy atom. The van der Waals surface area contributed by atoms with Crippen LogP contribution in [0.1, 0.15) is 40.8 Å². The second kappa shape index (κ2) is 6.11. The molecule has 2 rings (SSSR count). The van der Waals surface area contributed by atoms with Crippen molar-refractivity contribution in [2.24, 2.45) is 0 Å². The molecule has 3 heteroatoms. The molecule has 0 aliphatic rings. The van der Waals surface area contributed by atoms with Crippen molar-refractivity contribution in [2.45, 2.75) is 26.8 Å². The molecular formula is C18H17N3. The Bertz CT molecular complexity index is 748. The molecule has 0 aliphatic carbocycles. The van der Waals surface area contributed by atoms with Gasteiger partial charge < -0.3 is 5.32 Å². The standard InChI is InChI=1S/C18H17N3/c1-12-4-5-15(8-13(12)2)14(3)21-18-7-6-16(10-19)17(9-18)11-20/h4-9,14,21H,1-3H3. The first kappa shape index (κ1) is 14.6. The Kier molecular flexibility index (Phi) is 4.26. The number of anilines is 1. The summed E-state index contributed by atoms with van der Waals surface area (Å²) in [5.41, 5.74) is 5.38. The van der Waals surface area contributed by atoms with Crippen molar-refractivity contribution in [3.8, 4) is 12.1 Å². The van der Waals surface area contributed by atoms with Gasteiger partial charge in [-0.1, -0.05) is 18.2 Å². The van der Waals surface area contributed by atoms with Gasteiger partial charge in [0.15, 0.2) is 0 Å². The molecule has 0 radical (unpaired) electrons. The van der Waals surface area contributed by atoms with Crippen LogP contribution in [0.3, 0.4) is 0 Å². The highest BCUT2D eigenvalue weighted by molar-refractivity contribution is 5.57. The third kappa shape index (κ3) is 3.22. The maximum Gasteiger partial charge on any atom is 0.101 e. The third-order valence-corrected chi connectivity index (χ3v) is 3.67. The van der Waals surface area contributed by atoms with Crippen LogP contribution in [0.5, 0.6) is 0 Å². The van der Waals surface area contributed by atoms with Gasteiger partial charge in [0.25, 0.3) is 0 Å². The molecule has 2 aromatic carbocycles. The molecule has 0 fully saturated rings. The average molecular weight is 275 g/mol. The lowest BCUT2D eigenvalue weighted by atomic mass is 10.0. The van der Waals surface area contributed by atoms with Gasteiger partial charge in [-0.2, -0.15) is 10.5 Å². The first-order chi connectivity index (χ1) is 10.0. The normalized spacial score (nSPS) is 11.3. The van der Waals surface area contributed by atoms with Gasteiger partial charge in [-0.25, -0.2) is 0 Å². The minimum atomic E-state index is 0.128. The Balaban J connectivity index is 2.23. The fourth-order valence-corrected chi connectivity index (χ4v) is 2.19. The van der Waals surface area contributed by atoms with Crippen LogP contribution >= 0.6 is 0 Å². The number of nitrogens with zero attached hydrogens (tertiary/aromatic N) is 2. The first-order valence-electron chi connectivity index (χ1n) is 6.83. The largest absolute Gasteiger partial charge is 0.378 e. The van der Waals surface area contributed by atoms with Crippen molar-refractivity contribution >= 4 is 5.69 Å². The van der Waals surface area contributed by atoms with Crippen molar-refractivity contribution in [3.05, 3.63) is 64.2 Å². The number of hydrogen-bond donors (Lipinski definition) is 1. The summed E-state index contributed by atoms with van der Waals surface area (Å²) in [6.45, 7) is 6.27. The molecule has 0 bridgehead atoms. The molecule has 0 heterocycles. The minimum absolute atomic E-state index is 0.128. The van der Waals surface area contributed by atoms with E-state index in [0.717, 1.165) is 5.69 Å². The number of nitrogens with one attached hydrogen (secondary N) is 1. The van der Waals surface area contributed by atoms with E-state index < -0.39 is 0 Å². The van der Waals surface area contributed by atoms with E-state index in [2.05, 4.69) is 50.4 Å². The molecular weight excluding hydrogens is 258 g/mol. The van der Waals surface area contributed by atoms with E-state index in [1.807, 2.05) is 12.1 Å². The second-order valence-electron chi connectivity index (χ2n) is 5.19. The summed E-state index contributed by atoms with van der Waals surface area (Å²) in [5.74, 6) is 0. The number of hydrogen-bond acceptors (Lipinski definition) is 3. The van der Waals surface area contributed by atoms with Gasteiger partial charge in [-0.15, -0.1) is 0 Å². The number of nitriles is 2. The summed E-state index contributed by atoms with van der Waals surface area (Å²) >= 11 is 0. The predicted octanol–water partition coefficient (Wildman–Crippen LogP) is 4.22. The summed E-state index contributed by atoms with van der Waals surface area (Å²) < 4.78 is 0. The number of rotatable bonds is 3. The Hall–Kier alpha value is -2.78. The van der Waals surface area contributed by atoms with E-state index >= 15 is 0 Å². The van der Waals surface area contributed by atoms with Gasteiger partial charge in [0.2, 0.25) is 0 Å². The molecule has 0 aromatic heterocycles. The van der Waals surface area contributed by atoms with Gasteiger partial charge in [-0.3, -0.25) is 0 Å². The first-order valence-corrected chi connectivity index (χ1v) is 6.83. The van der Waals surface area contributed by atoms with E-state index in [-0.39, 0.29) is 6.04 Å². The summed E-state index contributed by atoms with van der Waals surface area (Å²) in [7, 11) is 0. The lowest BCUT2D eigenvalue weighted by Gasteiger charge is -2.17. The van der Waals surface area contributed by atoms with Crippen LogP contribution < -0.4 is 5.32 Å². The van der Waals surface area contributed by atoms with Gasteiger partial charge >= 0.3 is 0 Å². The summed E-state index contributed by atoms with van der Waals surface area (Å²) in [6, 6.07) is 15.8. The van der Waals surface area contributed by atoms with Gasteiger partial charge in [0.1, 0.15) is 12.1 Å². The van der Waals surface area contributed by atoms with Crippen LogP contribution in [0.2, 0.25) is 0 Å². The SMILES string of the molecule is Cc1ccc(C(C)Nc2ccc(C#N)c(C#N)c2)cc1C. The fraction of sp³-hybridized carbons (Fsp3) is 0.222. The van der Waals surface area contributed by atoms with Crippen molar-refractivity contribution in [1.82, 2.24) is 0 Å². The van der Waals surface area contributed by atoms with E-state index in [0.29, 0.717) is 11.1 Å². The molecule has 1 unspecified atom stereocenters. The molecule has 0 amide bonds. The molecule has 104 valence electrons. The molecule has 21 heavy (non-hydrogen) atoms. The van der Waals surface area contributed by atoms with Crippen LogP contribution in [0, 0.1) is 36.5 Å². The molecule has 1 N–H and O–H groups in total. The number of aryl methyl sites for hydroxylation is 2. The fourth-order valence-electron chi connectivity index (χ4n) is 2.19. The summed E-state index contributed by atoms with van der Waals surface area (Å²) in [5, 5.41) is 21.4. The smallest absolute Gasteiger partial charge is 0.101 e. The van der Waals surface area contributed by atoms with E-state index in [4.69, 9.17) is 10.5 Å². The minimum Gasteiger partial charge on any atom is -0.378 e. The van der Waals surface area contributed by atoms with Gasteiger partial charge in [0.05, 0.1) is 11.1 Å². The van der Waals surface area contributed by atoms with Crippen LogP contribution in [-0.2, 0) is 0 Å². The third-order valence-electron chi connectivity index (χ3n) is 3.67. The summed E-state index contributed by atoms with van der Waals surface area (Å²) in [4.78, 5) is 0. The maximum atomic E-state index is 9.06. The van der Waals surface area contributed by atoms with Crippen LogP contribution in [0.15, 0.2) is 36.4 Å². The van der Waals surface area contributed by atoms with Crippen LogP contribution in [0.25, 0.3) is 0 Å². The highest BCUT2D eigenvalue weighted by atomic mass is 14.9.